The Morgan fingerprint density at radius 1 is 1.03 bits per heavy atom. The van der Waals surface area contributed by atoms with Crippen LogP contribution in [0.3, 0.4) is 0 Å². The average Bonchev–Trinajstić information content (AvgIpc) is 3.49. The zero-order valence-corrected chi connectivity index (χ0v) is 18.5. The minimum Gasteiger partial charge on any atom is -0.497 e. The van der Waals surface area contributed by atoms with Crippen LogP contribution in [0, 0.1) is 0 Å². The molecule has 0 atom stereocenters. The Morgan fingerprint density at radius 3 is 2.52 bits per heavy atom. The van der Waals surface area contributed by atoms with Crippen LogP contribution in [-0.4, -0.2) is 39.6 Å². The molecule has 0 spiro atoms. The van der Waals surface area contributed by atoms with Crippen molar-refractivity contribution in [3.05, 3.63) is 78.6 Å². The maximum Gasteiger partial charge on any atom is 0.325 e. The number of amides is 3. The lowest BCUT2D eigenvalue weighted by atomic mass is 10.2. The number of benzene rings is 2. The Labute approximate surface area is 194 Å². The van der Waals surface area contributed by atoms with Gasteiger partial charge in [0.25, 0.3) is 0 Å². The maximum atomic E-state index is 12.3. The molecular formula is C23H21N5O4S. The van der Waals surface area contributed by atoms with Crippen molar-refractivity contribution in [2.75, 3.05) is 18.2 Å². The zero-order valence-electron chi connectivity index (χ0n) is 17.7. The van der Waals surface area contributed by atoms with Crippen molar-refractivity contribution >= 4 is 29.4 Å². The van der Waals surface area contributed by atoms with Crippen LogP contribution in [0.5, 0.6) is 5.75 Å². The second kappa shape index (κ2) is 10.5. The van der Waals surface area contributed by atoms with E-state index in [0.29, 0.717) is 34.7 Å². The van der Waals surface area contributed by atoms with Gasteiger partial charge in [-0.25, -0.2) is 4.79 Å². The number of hydrogen-bond donors (Lipinski definition) is 2. The lowest BCUT2D eigenvalue weighted by Gasteiger charge is -2.10. The second-order valence-electron chi connectivity index (χ2n) is 6.87. The van der Waals surface area contributed by atoms with Crippen molar-refractivity contribution in [1.82, 2.24) is 20.1 Å². The first kappa shape index (κ1) is 22.2. The van der Waals surface area contributed by atoms with Crippen molar-refractivity contribution in [2.24, 2.45) is 0 Å². The van der Waals surface area contributed by atoms with Gasteiger partial charge in [-0.05, 0) is 42.0 Å². The van der Waals surface area contributed by atoms with Gasteiger partial charge >= 0.3 is 6.03 Å². The van der Waals surface area contributed by atoms with E-state index in [4.69, 9.17) is 9.15 Å². The van der Waals surface area contributed by atoms with Gasteiger partial charge in [0, 0.05) is 5.69 Å². The number of imide groups is 1. The molecule has 0 bridgehead atoms. The molecule has 33 heavy (non-hydrogen) atoms. The normalized spacial score (nSPS) is 10.6. The summed E-state index contributed by atoms with van der Waals surface area (Å²) in [7, 11) is 1.56. The van der Waals surface area contributed by atoms with E-state index in [0.717, 1.165) is 5.56 Å². The minimum absolute atomic E-state index is 0.0128. The van der Waals surface area contributed by atoms with Gasteiger partial charge in [0.1, 0.15) is 5.75 Å². The van der Waals surface area contributed by atoms with Gasteiger partial charge in [0.05, 0.1) is 25.7 Å². The summed E-state index contributed by atoms with van der Waals surface area (Å²) in [5, 5.41) is 13.9. The van der Waals surface area contributed by atoms with Crippen LogP contribution in [0.4, 0.5) is 10.5 Å². The number of methoxy groups -OCH3 is 1. The van der Waals surface area contributed by atoms with Crippen LogP contribution >= 0.6 is 11.8 Å². The summed E-state index contributed by atoms with van der Waals surface area (Å²) >= 11 is 1.18. The Balaban J connectivity index is 1.39. The van der Waals surface area contributed by atoms with E-state index in [1.807, 2.05) is 34.9 Å². The van der Waals surface area contributed by atoms with E-state index in [1.54, 1.807) is 49.8 Å². The van der Waals surface area contributed by atoms with Gasteiger partial charge in [0.15, 0.2) is 10.9 Å². The number of carbonyl (C=O) groups is 2. The molecule has 10 heteroatoms. The van der Waals surface area contributed by atoms with Crippen molar-refractivity contribution < 1.29 is 18.7 Å². The number of nitrogens with zero attached hydrogens (tertiary/aromatic N) is 3. The summed E-state index contributed by atoms with van der Waals surface area (Å²) in [6, 6.07) is 19.6. The predicted octanol–water partition coefficient (Wildman–Crippen LogP) is 4.04. The number of aromatic nitrogens is 3. The van der Waals surface area contributed by atoms with Crippen LogP contribution in [0.1, 0.15) is 5.56 Å². The van der Waals surface area contributed by atoms with Gasteiger partial charge in [0.2, 0.25) is 11.7 Å². The zero-order chi connectivity index (χ0) is 23.0. The number of nitrogens with one attached hydrogen (secondary N) is 2. The molecule has 0 aliphatic carbocycles. The number of thioether (sulfide) groups is 1. The smallest absolute Gasteiger partial charge is 0.325 e. The number of ether oxygens (including phenoxy) is 1. The highest BCUT2D eigenvalue weighted by atomic mass is 32.2. The summed E-state index contributed by atoms with van der Waals surface area (Å²) in [5.74, 6) is 1.33. The molecule has 2 aromatic heterocycles. The minimum atomic E-state index is -0.618. The second-order valence-corrected chi connectivity index (χ2v) is 7.82. The lowest BCUT2D eigenvalue weighted by Crippen LogP contribution is -2.35. The molecule has 0 saturated carbocycles. The average molecular weight is 464 g/mol. The Kier molecular flexibility index (Phi) is 7.06. The fraction of sp³-hybridized carbons (Fsp3) is 0.130. The Morgan fingerprint density at radius 2 is 1.82 bits per heavy atom. The monoisotopic (exact) mass is 463 g/mol. The molecule has 0 aliphatic rings. The molecule has 168 valence electrons. The highest BCUT2D eigenvalue weighted by molar-refractivity contribution is 7.99. The molecule has 2 N–H and O–H groups in total. The number of furan rings is 1. The number of rotatable bonds is 8. The highest BCUT2D eigenvalue weighted by Gasteiger charge is 2.18. The third kappa shape index (κ3) is 5.80. The third-order valence-electron chi connectivity index (χ3n) is 4.58. The van der Waals surface area contributed by atoms with Gasteiger partial charge in [-0.3, -0.25) is 14.7 Å². The summed E-state index contributed by atoms with van der Waals surface area (Å²) in [4.78, 5) is 24.5. The first-order valence-corrected chi connectivity index (χ1v) is 11.0. The van der Waals surface area contributed by atoms with Gasteiger partial charge in [-0.2, -0.15) is 0 Å². The summed E-state index contributed by atoms with van der Waals surface area (Å²) in [6.45, 7) is 0.506. The molecule has 0 aliphatic heterocycles. The number of anilines is 1. The first-order valence-electron chi connectivity index (χ1n) is 10.0. The lowest BCUT2D eigenvalue weighted by molar-refractivity contribution is -0.117. The molecule has 0 unspecified atom stereocenters. The molecule has 0 saturated heterocycles. The van der Waals surface area contributed by atoms with E-state index in [-0.39, 0.29) is 5.75 Å². The molecular weight excluding hydrogens is 442 g/mol. The van der Waals surface area contributed by atoms with E-state index in [9.17, 15) is 9.59 Å². The molecule has 4 aromatic rings. The van der Waals surface area contributed by atoms with Crippen LogP contribution in [0.25, 0.3) is 11.6 Å². The van der Waals surface area contributed by atoms with E-state index in [2.05, 4.69) is 20.8 Å². The van der Waals surface area contributed by atoms with Crippen molar-refractivity contribution in [3.8, 4) is 17.3 Å². The number of carbonyl (C=O) groups excluding carboxylic acids is 2. The van der Waals surface area contributed by atoms with E-state index >= 15 is 0 Å². The standard InChI is InChI=1S/C23H21N5O4S/c1-31-18-11-9-17(10-12-18)24-22(30)25-20(29)15-33-23-27-26-21(19-8-5-13-32-19)28(23)14-16-6-3-2-4-7-16/h2-13H,14-15H2,1H3,(H2,24,25,29,30). The molecule has 9 nitrogen and oxygen atoms in total. The topological polar surface area (TPSA) is 111 Å². The van der Waals surface area contributed by atoms with Crippen molar-refractivity contribution in [2.45, 2.75) is 11.7 Å². The fourth-order valence-corrected chi connectivity index (χ4v) is 3.76. The molecule has 4 rings (SSSR count). The maximum absolute atomic E-state index is 12.3. The molecule has 2 aromatic carbocycles. The summed E-state index contributed by atoms with van der Waals surface area (Å²) < 4.78 is 12.4. The quantitative estimate of drug-likeness (QED) is 0.379. The highest BCUT2D eigenvalue weighted by Crippen LogP contribution is 2.25. The third-order valence-corrected chi connectivity index (χ3v) is 5.54. The van der Waals surface area contributed by atoms with Gasteiger partial charge < -0.3 is 14.5 Å². The largest absolute Gasteiger partial charge is 0.497 e. The SMILES string of the molecule is COc1ccc(NC(=O)NC(=O)CSc2nnc(-c3ccco3)n2Cc2ccccc2)cc1. The number of urea groups is 1. The fourth-order valence-electron chi connectivity index (χ4n) is 3.02. The Bertz CT molecular complexity index is 1210. The van der Waals surface area contributed by atoms with Crippen LogP contribution in [0.15, 0.2) is 82.6 Å². The molecule has 3 amide bonds. The van der Waals surface area contributed by atoms with Crippen LogP contribution in [0.2, 0.25) is 0 Å². The molecule has 0 fully saturated rings. The van der Waals surface area contributed by atoms with Crippen molar-refractivity contribution in [1.29, 1.82) is 0 Å². The van der Waals surface area contributed by atoms with E-state index in [1.165, 1.54) is 11.8 Å². The summed E-state index contributed by atoms with van der Waals surface area (Å²) in [6.07, 6.45) is 1.57. The van der Waals surface area contributed by atoms with Gasteiger partial charge in [-0.1, -0.05) is 42.1 Å². The molecule has 2 heterocycles. The summed E-state index contributed by atoms with van der Waals surface area (Å²) in [5.41, 5.74) is 1.59. The molecule has 0 radical (unpaired) electrons. The number of hydrogen-bond acceptors (Lipinski definition) is 7. The van der Waals surface area contributed by atoms with E-state index < -0.39 is 11.9 Å². The van der Waals surface area contributed by atoms with Crippen molar-refractivity contribution in [3.63, 3.8) is 0 Å². The van der Waals surface area contributed by atoms with Crippen LogP contribution < -0.4 is 15.4 Å². The Hall–Kier alpha value is -4.05. The first-order chi connectivity index (χ1) is 16.1. The predicted molar refractivity (Wildman–Crippen MR) is 124 cm³/mol. The van der Waals surface area contributed by atoms with Gasteiger partial charge in [-0.15, -0.1) is 10.2 Å². The van der Waals surface area contributed by atoms with Crippen LogP contribution in [-0.2, 0) is 11.3 Å².